The predicted octanol–water partition coefficient (Wildman–Crippen LogP) is 5.07. The number of halogens is 7. The lowest BCUT2D eigenvalue weighted by Gasteiger charge is -2.39. The first-order valence-electron chi connectivity index (χ1n) is 6.88. The fourth-order valence-electron chi connectivity index (χ4n) is 4.21. The lowest BCUT2D eigenvalue weighted by Crippen LogP contribution is -2.59. The minimum atomic E-state index is -5.84. The lowest BCUT2D eigenvalue weighted by atomic mass is 9.71. The summed E-state index contributed by atoms with van der Waals surface area (Å²) >= 11 is 0. The van der Waals surface area contributed by atoms with Gasteiger partial charge in [-0.25, -0.2) is 0 Å². The van der Waals surface area contributed by atoms with Crippen molar-refractivity contribution < 1.29 is 35.8 Å². The van der Waals surface area contributed by atoms with Gasteiger partial charge >= 0.3 is 12.4 Å². The van der Waals surface area contributed by atoms with E-state index in [0.29, 0.717) is 6.42 Å². The van der Waals surface area contributed by atoms with E-state index in [4.69, 9.17) is 0 Å². The Bertz CT molecular complexity index is 373. The van der Waals surface area contributed by atoms with Crippen LogP contribution in [0.25, 0.3) is 0 Å². The average molecular weight is 322 g/mol. The second-order valence-corrected chi connectivity index (χ2v) is 6.48. The molecule has 0 saturated heterocycles. The molecule has 1 nitrogen and oxygen atoms in total. The standard InChI is InChI=1S/C13H17F7O/c1-6-7(2)10-4-8(6)3-9(10)5-11(21-20,12(14,15)16)13(17,18)19/h6-10H,3-5H2,1-2H3. The zero-order valence-corrected chi connectivity index (χ0v) is 11.6. The van der Waals surface area contributed by atoms with E-state index < -0.39 is 30.3 Å². The smallest absolute Gasteiger partial charge is 0.168 e. The van der Waals surface area contributed by atoms with Crippen molar-refractivity contribution in [3.8, 4) is 0 Å². The van der Waals surface area contributed by atoms with Crippen molar-refractivity contribution >= 4 is 0 Å². The maximum Gasteiger partial charge on any atom is 0.430 e. The van der Waals surface area contributed by atoms with Gasteiger partial charge in [0.25, 0.3) is 5.60 Å². The predicted molar refractivity (Wildman–Crippen MR) is 59.7 cm³/mol. The summed E-state index contributed by atoms with van der Waals surface area (Å²) < 4.78 is 89.6. The summed E-state index contributed by atoms with van der Waals surface area (Å²) in [5.74, 6) is -0.602. The third-order valence-corrected chi connectivity index (χ3v) is 5.63. The second kappa shape index (κ2) is 4.99. The highest BCUT2D eigenvalue weighted by Crippen LogP contribution is 2.60. The number of alkyl halides is 6. The first kappa shape index (κ1) is 16.8. The highest BCUT2D eigenvalue weighted by atomic mass is 19.4. The van der Waals surface area contributed by atoms with Crippen molar-refractivity contribution in [1.82, 2.24) is 0 Å². The van der Waals surface area contributed by atoms with Crippen LogP contribution in [-0.4, -0.2) is 18.0 Å². The van der Waals surface area contributed by atoms with E-state index in [1.54, 1.807) is 0 Å². The van der Waals surface area contributed by atoms with E-state index in [1.165, 1.54) is 0 Å². The minimum Gasteiger partial charge on any atom is -0.168 e. The van der Waals surface area contributed by atoms with Gasteiger partial charge in [0.1, 0.15) is 0 Å². The van der Waals surface area contributed by atoms with Crippen LogP contribution in [0.3, 0.4) is 0 Å². The van der Waals surface area contributed by atoms with Crippen LogP contribution in [0.1, 0.15) is 33.1 Å². The van der Waals surface area contributed by atoms with Gasteiger partial charge in [-0.3, -0.25) is 0 Å². The van der Waals surface area contributed by atoms with E-state index in [0.717, 1.165) is 0 Å². The molecule has 0 spiro atoms. The maximum atomic E-state index is 12.9. The van der Waals surface area contributed by atoms with Gasteiger partial charge in [0.15, 0.2) is 0 Å². The Morgan fingerprint density at radius 3 is 1.76 bits per heavy atom. The van der Waals surface area contributed by atoms with Gasteiger partial charge in [0.05, 0.1) is 0 Å². The molecule has 2 bridgehead atoms. The Morgan fingerprint density at radius 2 is 1.43 bits per heavy atom. The first-order valence-corrected chi connectivity index (χ1v) is 6.88. The van der Waals surface area contributed by atoms with E-state index in [1.807, 2.05) is 13.8 Å². The Labute approximate surface area is 117 Å². The molecule has 21 heavy (non-hydrogen) atoms. The van der Waals surface area contributed by atoms with Crippen LogP contribution in [0, 0.1) is 29.6 Å². The highest BCUT2D eigenvalue weighted by molar-refractivity contribution is 5.04. The lowest BCUT2D eigenvalue weighted by molar-refractivity contribution is -0.438. The molecule has 2 rings (SSSR count). The molecule has 5 unspecified atom stereocenters. The molecule has 0 aromatic rings. The van der Waals surface area contributed by atoms with Gasteiger partial charge in [-0.05, 0) is 47.0 Å². The van der Waals surface area contributed by atoms with Gasteiger partial charge in [0, 0.05) is 6.42 Å². The normalized spacial score (nSPS) is 37.3. The zero-order valence-electron chi connectivity index (χ0n) is 11.6. The monoisotopic (exact) mass is 322 g/mol. The number of fused-ring (bicyclic) bond motifs is 2. The fraction of sp³-hybridized carbons (Fsp3) is 1.00. The van der Waals surface area contributed by atoms with Crippen LogP contribution >= 0.6 is 0 Å². The Kier molecular flexibility index (Phi) is 4.00. The SMILES string of the molecule is CC1C2CC(CC(OF)(C(F)(F)F)C(F)(F)F)C(C2)C1C. The molecule has 2 saturated carbocycles. The molecule has 0 radical (unpaired) electrons. The summed E-state index contributed by atoms with van der Waals surface area (Å²) in [6, 6.07) is 0. The molecular formula is C13H17F7O. The van der Waals surface area contributed by atoms with Crippen LogP contribution in [-0.2, 0) is 4.94 Å². The van der Waals surface area contributed by atoms with Gasteiger partial charge in [-0.1, -0.05) is 13.8 Å². The summed E-state index contributed by atoms with van der Waals surface area (Å²) in [4.78, 5) is 2.55. The summed E-state index contributed by atoms with van der Waals surface area (Å²) in [6.07, 6.45) is -12.2. The molecule has 124 valence electrons. The minimum absolute atomic E-state index is 0.0486. The molecule has 0 N–H and O–H groups in total. The van der Waals surface area contributed by atoms with Crippen LogP contribution in [0.15, 0.2) is 0 Å². The van der Waals surface area contributed by atoms with Gasteiger partial charge in [-0.15, -0.1) is 0 Å². The van der Waals surface area contributed by atoms with Crippen molar-refractivity contribution in [2.45, 2.75) is 51.1 Å². The summed E-state index contributed by atoms with van der Waals surface area (Å²) in [5, 5.41) is 0. The van der Waals surface area contributed by atoms with Crippen LogP contribution in [0.5, 0.6) is 0 Å². The van der Waals surface area contributed by atoms with E-state index in [9.17, 15) is 30.9 Å². The van der Waals surface area contributed by atoms with Crippen LogP contribution in [0.2, 0.25) is 0 Å². The molecule has 2 aliphatic rings. The summed E-state index contributed by atoms with van der Waals surface area (Å²) in [6.45, 7) is 3.79. The van der Waals surface area contributed by atoms with Crippen molar-refractivity contribution in [3.63, 3.8) is 0 Å². The summed E-state index contributed by atoms with van der Waals surface area (Å²) in [7, 11) is 0. The Balaban J connectivity index is 2.26. The van der Waals surface area contributed by atoms with Crippen molar-refractivity contribution in [1.29, 1.82) is 0 Å². The van der Waals surface area contributed by atoms with Crippen molar-refractivity contribution in [2.24, 2.45) is 29.6 Å². The topological polar surface area (TPSA) is 9.23 Å². The number of hydrogen-bond donors (Lipinski definition) is 0. The van der Waals surface area contributed by atoms with E-state index in [-0.39, 0.29) is 30.1 Å². The maximum absolute atomic E-state index is 12.9. The molecule has 0 amide bonds. The van der Waals surface area contributed by atoms with Crippen LogP contribution in [0.4, 0.5) is 30.9 Å². The number of hydrogen-bond acceptors (Lipinski definition) is 1. The van der Waals surface area contributed by atoms with Crippen molar-refractivity contribution in [2.75, 3.05) is 0 Å². The summed E-state index contributed by atoms with van der Waals surface area (Å²) in [5.41, 5.74) is -4.71. The highest BCUT2D eigenvalue weighted by Gasteiger charge is 2.75. The molecule has 2 fully saturated rings. The zero-order chi connectivity index (χ0) is 16.2. The first-order chi connectivity index (χ1) is 9.44. The molecule has 0 heterocycles. The quantitative estimate of drug-likeness (QED) is 0.659. The molecule has 0 aromatic carbocycles. The van der Waals surface area contributed by atoms with Gasteiger partial charge in [0.2, 0.25) is 0 Å². The molecule has 0 aromatic heterocycles. The molecule has 8 heteroatoms. The fourth-order valence-corrected chi connectivity index (χ4v) is 4.21. The van der Waals surface area contributed by atoms with Crippen molar-refractivity contribution in [3.05, 3.63) is 0 Å². The molecular weight excluding hydrogens is 305 g/mol. The second-order valence-electron chi connectivity index (χ2n) is 6.48. The van der Waals surface area contributed by atoms with Gasteiger partial charge < -0.3 is 0 Å². The third kappa shape index (κ3) is 2.43. The number of rotatable bonds is 3. The Morgan fingerprint density at radius 1 is 0.905 bits per heavy atom. The van der Waals surface area contributed by atoms with Gasteiger partial charge in [-0.2, -0.15) is 31.3 Å². The molecule has 0 aliphatic heterocycles. The molecule has 2 aliphatic carbocycles. The van der Waals surface area contributed by atoms with Crippen LogP contribution < -0.4 is 0 Å². The third-order valence-electron chi connectivity index (χ3n) is 5.63. The van der Waals surface area contributed by atoms with E-state index >= 15 is 0 Å². The van der Waals surface area contributed by atoms with E-state index in [2.05, 4.69) is 4.94 Å². The average Bonchev–Trinajstić information content (AvgIpc) is 2.84. The molecule has 5 atom stereocenters. The Hall–Kier alpha value is -0.530. The largest absolute Gasteiger partial charge is 0.430 e.